The Morgan fingerprint density at radius 1 is 1.22 bits per heavy atom. The Morgan fingerprint density at radius 3 is 2.67 bits per heavy atom. The molecule has 0 unspecified atom stereocenters. The van der Waals surface area contributed by atoms with Gasteiger partial charge in [-0.25, -0.2) is 4.79 Å². The maximum absolute atomic E-state index is 10.9. The molecule has 3 heteroatoms. The summed E-state index contributed by atoms with van der Waals surface area (Å²) < 4.78 is 0. The topological polar surface area (TPSA) is 40.5 Å². The fourth-order valence-electron chi connectivity index (χ4n) is 3.29. The third-order valence-corrected chi connectivity index (χ3v) is 4.23. The normalized spacial score (nSPS) is 20.2. The molecule has 0 amide bonds. The van der Waals surface area contributed by atoms with Crippen molar-refractivity contribution in [3.63, 3.8) is 0 Å². The lowest BCUT2D eigenvalue weighted by Gasteiger charge is -2.19. The Labute approximate surface area is 107 Å². The first-order valence-electron chi connectivity index (χ1n) is 6.80. The van der Waals surface area contributed by atoms with Crippen molar-refractivity contribution in [2.24, 2.45) is 5.92 Å². The van der Waals surface area contributed by atoms with Gasteiger partial charge in [0.25, 0.3) is 0 Å². The number of fused-ring (bicyclic) bond motifs is 1. The van der Waals surface area contributed by atoms with Gasteiger partial charge < -0.3 is 5.11 Å². The molecule has 18 heavy (non-hydrogen) atoms. The molecule has 1 aliphatic heterocycles. The van der Waals surface area contributed by atoms with Crippen LogP contribution in [0.25, 0.3) is 0 Å². The van der Waals surface area contributed by atoms with Gasteiger partial charge in [-0.15, -0.1) is 0 Å². The molecule has 3 rings (SSSR count). The highest BCUT2D eigenvalue weighted by atomic mass is 16.4. The van der Waals surface area contributed by atoms with Gasteiger partial charge in [0.15, 0.2) is 0 Å². The molecular weight excluding hydrogens is 226 g/mol. The van der Waals surface area contributed by atoms with E-state index in [9.17, 15) is 4.79 Å². The van der Waals surface area contributed by atoms with Crippen LogP contribution in [0.5, 0.6) is 0 Å². The molecule has 0 atom stereocenters. The van der Waals surface area contributed by atoms with Gasteiger partial charge in [-0.1, -0.05) is 18.9 Å². The summed E-state index contributed by atoms with van der Waals surface area (Å²) in [5.74, 6) is 0.0327. The molecule has 1 aromatic carbocycles. The highest BCUT2D eigenvalue weighted by Crippen LogP contribution is 2.30. The lowest BCUT2D eigenvalue weighted by Crippen LogP contribution is -2.23. The Balaban J connectivity index is 1.68. The standard InChI is InChI=1S/C15H19NO2/c17-15(18)12-5-6-13-9-16(10-14(13)7-12)8-11-3-1-2-4-11/h5-7,11H,1-4,8-10H2,(H,17,18). The third-order valence-electron chi connectivity index (χ3n) is 4.23. The van der Waals surface area contributed by atoms with Crippen molar-refractivity contribution in [3.05, 3.63) is 34.9 Å². The molecule has 0 spiro atoms. The van der Waals surface area contributed by atoms with Gasteiger partial charge >= 0.3 is 5.97 Å². The fourth-order valence-corrected chi connectivity index (χ4v) is 3.29. The fraction of sp³-hybridized carbons (Fsp3) is 0.533. The summed E-state index contributed by atoms with van der Waals surface area (Å²) >= 11 is 0. The second-order valence-electron chi connectivity index (χ2n) is 5.61. The van der Waals surface area contributed by atoms with Crippen LogP contribution in [0.15, 0.2) is 18.2 Å². The Morgan fingerprint density at radius 2 is 1.94 bits per heavy atom. The van der Waals surface area contributed by atoms with Gasteiger partial charge in [0, 0.05) is 19.6 Å². The number of hydrogen-bond donors (Lipinski definition) is 1. The first-order chi connectivity index (χ1) is 8.72. The molecule has 1 aromatic rings. The van der Waals surface area contributed by atoms with Crippen LogP contribution >= 0.6 is 0 Å². The predicted octanol–water partition coefficient (Wildman–Crippen LogP) is 2.89. The largest absolute Gasteiger partial charge is 0.478 e. The van der Waals surface area contributed by atoms with Crippen molar-refractivity contribution in [2.45, 2.75) is 38.8 Å². The smallest absolute Gasteiger partial charge is 0.335 e. The average Bonchev–Trinajstić information content (AvgIpc) is 2.96. The van der Waals surface area contributed by atoms with E-state index in [-0.39, 0.29) is 0 Å². The highest BCUT2D eigenvalue weighted by molar-refractivity contribution is 5.87. The van der Waals surface area contributed by atoms with Crippen LogP contribution in [0.4, 0.5) is 0 Å². The van der Waals surface area contributed by atoms with E-state index in [0.29, 0.717) is 5.56 Å². The lowest BCUT2D eigenvalue weighted by atomic mass is 10.1. The van der Waals surface area contributed by atoms with Gasteiger partial charge in [-0.2, -0.15) is 0 Å². The second-order valence-corrected chi connectivity index (χ2v) is 5.61. The first kappa shape index (κ1) is 11.7. The average molecular weight is 245 g/mol. The Bertz CT molecular complexity index is 464. The van der Waals surface area contributed by atoms with Gasteiger partial charge in [-0.05, 0) is 42.0 Å². The maximum Gasteiger partial charge on any atom is 0.335 e. The van der Waals surface area contributed by atoms with Crippen molar-refractivity contribution in [2.75, 3.05) is 6.54 Å². The van der Waals surface area contributed by atoms with Crippen molar-refractivity contribution in [3.8, 4) is 0 Å². The molecule has 2 aliphatic rings. The maximum atomic E-state index is 10.9. The van der Waals surface area contributed by atoms with E-state index < -0.39 is 5.97 Å². The van der Waals surface area contributed by atoms with Crippen LogP contribution in [-0.2, 0) is 13.1 Å². The number of aromatic carboxylic acids is 1. The summed E-state index contributed by atoms with van der Waals surface area (Å²) in [6, 6.07) is 5.54. The number of carbonyl (C=O) groups is 1. The second kappa shape index (κ2) is 4.73. The molecule has 0 bridgehead atoms. The summed E-state index contributed by atoms with van der Waals surface area (Å²) in [6.07, 6.45) is 5.50. The van der Waals surface area contributed by atoms with E-state index >= 15 is 0 Å². The summed E-state index contributed by atoms with van der Waals surface area (Å²) in [5, 5.41) is 9.00. The minimum absolute atomic E-state index is 0.413. The van der Waals surface area contributed by atoms with Crippen molar-refractivity contribution >= 4 is 5.97 Å². The minimum Gasteiger partial charge on any atom is -0.478 e. The van der Waals surface area contributed by atoms with E-state index in [1.807, 2.05) is 12.1 Å². The zero-order valence-electron chi connectivity index (χ0n) is 10.6. The van der Waals surface area contributed by atoms with E-state index in [0.717, 1.165) is 19.0 Å². The monoisotopic (exact) mass is 245 g/mol. The van der Waals surface area contributed by atoms with Crippen molar-refractivity contribution in [1.29, 1.82) is 0 Å². The van der Waals surface area contributed by atoms with E-state index in [2.05, 4.69) is 4.90 Å². The van der Waals surface area contributed by atoms with Crippen molar-refractivity contribution < 1.29 is 9.90 Å². The zero-order chi connectivity index (χ0) is 12.5. The van der Waals surface area contributed by atoms with Gasteiger partial charge in [0.2, 0.25) is 0 Å². The summed E-state index contributed by atoms with van der Waals surface area (Å²) in [6.45, 7) is 3.09. The van der Waals surface area contributed by atoms with E-state index in [1.165, 1.54) is 43.4 Å². The molecule has 0 radical (unpaired) electrons. The van der Waals surface area contributed by atoms with Gasteiger partial charge in [-0.3, -0.25) is 4.90 Å². The van der Waals surface area contributed by atoms with E-state index in [4.69, 9.17) is 5.11 Å². The molecule has 1 N–H and O–H groups in total. The molecule has 3 nitrogen and oxygen atoms in total. The number of hydrogen-bond acceptors (Lipinski definition) is 2. The van der Waals surface area contributed by atoms with Crippen LogP contribution in [-0.4, -0.2) is 22.5 Å². The molecule has 96 valence electrons. The van der Waals surface area contributed by atoms with Crippen LogP contribution < -0.4 is 0 Å². The first-order valence-corrected chi connectivity index (χ1v) is 6.80. The minimum atomic E-state index is -0.827. The number of carboxylic acids is 1. The molecule has 1 heterocycles. The highest BCUT2D eigenvalue weighted by Gasteiger charge is 2.24. The van der Waals surface area contributed by atoms with E-state index in [1.54, 1.807) is 6.07 Å². The number of nitrogens with zero attached hydrogens (tertiary/aromatic N) is 1. The number of rotatable bonds is 3. The summed E-state index contributed by atoms with van der Waals surface area (Å²) in [5.41, 5.74) is 2.92. The van der Waals surface area contributed by atoms with Crippen LogP contribution in [0, 0.1) is 5.92 Å². The lowest BCUT2D eigenvalue weighted by molar-refractivity contribution is 0.0696. The molecular formula is C15H19NO2. The molecule has 1 saturated carbocycles. The quantitative estimate of drug-likeness (QED) is 0.890. The summed E-state index contributed by atoms with van der Waals surface area (Å²) in [4.78, 5) is 13.4. The Kier molecular flexibility index (Phi) is 3.08. The SMILES string of the molecule is O=C(O)c1ccc2c(c1)CN(CC1CCCC1)C2. The Hall–Kier alpha value is -1.35. The third kappa shape index (κ3) is 2.27. The van der Waals surface area contributed by atoms with Crippen LogP contribution in [0.1, 0.15) is 47.2 Å². The predicted molar refractivity (Wildman–Crippen MR) is 69.5 cm³/mol. The molecule has 0 saturated heterocycles. The zero-order valence-corrected chi connectivity index (χ0v) is 10.6. The summed E-state index contributed by atoms with van der Waals surface area (Å²) in [7, 11) is 0. The van der Waals surface area contributed by atoms with Crippen LogP contribution in [0.2, 0.25) is 0 Å². The number of benzene rings is 1. The number of carboxylic acid groups (broad SMARTS) is 1. The van der Waals surface area contributed by atoms with Gasteiger partial charge in [0.1, 0.15) is 0 Å². The van der Waals surface area contributed by atoms with Gasteiger partial charge in [0.05, 0.1) is 5.56 Å². The van der Waals surface area contributed by atoms with Crippen LogP contribution in [0.3, 0.4) is 0 Å². The molecule has 1 fully saturated rings. The molecule has 0 aromatic heterocycles. The van der Waals surface area contributed by atoms with Crippen molar-refractivity contribution in [1.82, 2.24) is 4.90 Å². The molecule has 1 aliphatic carbocycles.